The summed E-state index contributed by atoms with van der Waals surface area (Å²) in [6.45, 7) is 3.98. The second-order valence-corrected chi connectivity index (χ2v) is 6.25. The Morgan fingerprint density at radius 1 is 1.14 bits per heavy atom. The van der Waals surface area contributed by atoms with Gasteiger partial charge < -0.3 is 4.90 Å². The maximum atomic E-state index is 12.6. The summed E-state index contributed by atoms with van der Waals surface area (Å²) < 4.78 is 0. The smallest absolute Gasteiger partial charge is 0.270 e. The average molecular weight is 292 g/mol. The van der Waals surface area contributed by atoms with Crippen LogP contribution in [0.2, 0.25) is 0 Å². The number of hydrogen-bond acceptors (Lipinski definition) is 4. The van der Waals surface area contributed by atoms with Crippen LogP contribution in [0.25, 0.3) is 0 Å². The molecule has 2 fully saturated rings. The molecule has 3 aliphatic rings. The highest BCUT2D eigenvalue weighted by atomic mass is 16.2. The molecule has 1 atom stereocenters. The van der Waals surface area contributed by atoms with Crippen molar-refractivity contribution >= 4 is 17.5 Å². The van der Waals surface area contributed by atoms with Crippen LogP contribution in [0, 0.1) is 0 Å². The van der Waals surface area contributed by atoms with Crippen LogP contribution in [-0.4, -0.2) is 71.6 Å². The first-order valence-corrected chi connectivity index (χ1v) is 8.02. The van der Waals surface area contributed by atoms with Crippen LogP contribution in [0.15, 0.2) is 5.10 Å². The van der Waals surface area contributed by atoms with Gasteiger partial charge in [-0.25, -0.2) is 5.01 Å². The van der Waals surface area contributed by atoms with Crippen molar-refractivity contribution in [2.75, 3.05) is 33.2 Å². The highest BCUT2D eigenvalue weighted by Gasteiger charge is 2.32. The first-order chi connectivity index (χ1) is 10.1. The molecule has 21 heavy (non-hydrogen) atoms. The Morgan fingerprint density at radius 3 is 2.62 bits per heavy atom. The molecule has 6 heteroatoms. The Labute approximate surface area is 125 Å². The number of nitrogens with zero attached hydrogens (tertiary/aromatic N) is 4. The summed E-state index contributed by atoms with van der Waals surface area (Å²) in [6, 6.07) is 0.508. The second kappa shape index (κ2) is 6.13. The molecule has 6 nitrogen and oxygen atoms in total. The zero-order chi connectivity index (χ0) is 14.8. The summed E-state index contributed by atoms with van der Waals surface area (Å²) in [5, 5.41) is 5.46. The van der Waals surface area contributed by atoms with Gasteiger partial charge in [0, 0.05) is 39.0 Å². The summed E-state index contributed by atoms with van der Waals surface area (Å²) in [7, 11) is 1.62. The van der Waals surface area contributed by atoms with Crippen molar-refractivity contribution in [3.63, 3.8) is 0 Å². The summed E-state index contributed by atoms with van der Waals surface area (Å²) in [5.41, 5.74) is 0.541. The minimum Gasteiger partial charge on any atom is -0.336 e. The molecule has 0 N–H and O–H groups in total. The van der Waals surface area contributed by atoms with Gasteiger partial charge in [0.1, 0.15) is 5.71 Å². The van der Waals surface area contributed by atoms with Crippen molar-refractivity contribution in [2.24, 2.45) is 5.10 Å². The molecular weight excluding hydrogens is 268 g/mol. The summed E-state index contributed by atoms with van der Waals surface area (Å²) >= 11 is 0. The van der Waals surface area contributed by atoms with Crippen molar-refractivity contribution in [3.8, 4) is 0 Å². The molecule has 0 aromatic heterocycles. The Balaban J connectivity index is 1.64. The SMILES string of the molecule is CN1N=C(C(=O)N2CCC[C@@H](N3CCCC3)C2)CCC1=O. The predicted molar refractivity (Wildman–Crippen MR) is 79.8 cm³/mol. The van der Waals surface area contributed by atoms with E-state index in [-0.39, 0.29) is 11.8 Å². The standard InChI is InChI=1S/C15H24N4O2/c1-17-14(20)7-6-13(16-17)15(21)19-10-4-5-12(11-19)18-8-2-3-9-18/h12H,2-11H2,1H3/t12-/m1/s1. The fourth-order valence-electron chi connectivity index (χ4n) is 3.55. The number of hydrazone groups is 1. The van der Waals surface area contributed by atoms with Gasteiger partial charge in [0.15, 0.2) is 0 Å². The van der Waals surface area contributed by atoms with Crippen LogP contribution in [-0.2, 0) is 9.59 Å². The lowest BCUT2D eigenvalue weighted by molar-refractivity contribution is -0.131. The van der Waals surface area contributed by atoms with E-state index in [2.05, 4.69) is 10.0 Å². The van der Waals surface area contributed by atoms with E-state index < -0.39 is 0 Å². The minimum absolute atomic E-state index is 0.0138. The van der Waals surface area contributed by atoms with Gasteiger partial charge in [-0.1, -0.05) is 0 Å². The van der Waals surface area contributed by atoms with Crippen LogP contribution in [0.1, 0.15) is 38.5 Å². The van der Waals surface area contributed by atoms with Gasteiger partial charge in [-0.3, -0.25) is 14.5 Å². The maximum absolute atomic E-state index is 12.6. The number of carbonyl (C=O) groups is 2. The molecule has 0 spiro atoms. The fourth-order valence-corrected chi connectivity index (χ4v) is 3.55. The molecule has 2 amide bonds. The van der Waals surface area contributed by atoms with Crippen LogP contribution < -0.4 is 0 Å². The molecular formula is C15H24N4O2. The lowest BCUT2D eigenvalue weighted by atomic mass is 10.0. The quantitative estimate of drug-likeness (QED) is 0.752. The molecule has 0 aromatic rings. The van der Waals surface area contributed by atoms with Crippen LogP contribution in [0.3, 0.4) is 0 Å². The number of amides is 2. The second-order valence-electron chi connectivity index (χ2n) is 6.25. The minimum atomic E-state index is -0.0138. The first-order valence-electron chi connectivity index (χ1n) is 8.02. The third-order valence-corrected chi connectivity index (χ3v) is 4.79. The highest BCUT2D eigenvalue weighted by Crippen LogP contribution is 2.21. The van der Waals surface area contributed by atoms with Crippen molar-refractivity contribution in [3.05, 3.63) is 0 Å². The molecule has 0 saturated carbocycles. The van der Waals surface area contributed by atoms with Crippen LogP contribution in [0.4, 0.5) is 0 Å². The Hall–Kier alpha value is -1.43. The molecule has 3 rings (SSSR count). The predicted octanol–water partition coefficient (Wildman–Crippen LogP) is 0.681. The molecule has 3 aliphatic heterocycles. The van der Waals surface area contributed by atoms with E-state index in [1.165, 1.54) is 37.4 Å². The average Bonchev–Trinajstić information content (AvgIpc) is 3.04. The van der Waals surface area contributed by atoms with E-state index in [4.69, 9.17) is 0 Å². The molecule has 116 valence electrons. The van der Waals surface area contributed by atoms with Crippen molar-refractivity contribution in [1.82, 2.24) is 14.8 Å². The molecule has 0 radical (unpaired) electrons. The van der Waals surface area contributed by atoms with Crippen molar-refractivity contribution in [1.29, 1.82) is 0 Å². The van der Waals surface area contributed by atoms with E-state index in [0.29, 0.717) is 24.6 Å². The lowest BCUT2D eigenvalue weighted by Crippen LogP contribution is -2.51. The molecule has 0 bridgehead atoms. The Kier molecular flexibility index (Phi) is 4.24. The molecule has 0 aliphatic carbocycles. The first kappa shape index (κ1) is 14.5. The van der Waals surface area contributed by atoms with Crippen LogP contribution >= 0.6 is 0 Å². The zero-order valence-electron chi connectivity index (χ0n) is 12.8. The number of likely N-dealkylation sites (tertiary alicyclic amines) is 2. The third-order valence-electron chi connectivity index (χ3n) is 4.79. The number of carbonyl (C=O) groups excluding carboxylic acids is 2. The van der Waals surface area contributed by atoms with E-state index in [1.54, 1.807) is 7.05 Å². The number of hydrogen-bond donors (Lipinski definition) is 0. The monoisotopic (exact) mass is 292 g/mol. The maximum Gasteiger partial charge on any atom is 0.270 e. The largest absolute Gasteiger partial charge is 0.336 e. The van der Waals surface area contributed by atoms with E-state index in [1.807, 2.05) is 4.90 Å². The van der Waals surface area contributed by atoms with Gasteiger partial charge in [0.2, 0.25) is 5.91 Å². The number of rotatable bonds is 2. The normalized spacial score (nSPS) is 28.0. The van der Waals surface area contributed by atoms with Gasteiger partial charge in [-0.15, -0.1) is 0 Å². The molecule has 0 unspecified atom stereocenters. The Morgan fingerprint density at radius 2 is 1.90 bits per heavy atom. The number of piperidine rings is 1. The molecule has 0 aromatic carbocycles. The van der Waals surface area contributed by atoms with E-state index in [0.717, 1.165) is 19.5 Å². The van der Waals surface area contributed by atoms with Gasteiger partial charge in [-0.2, -0.15) is 5.10 Å². The van der Waals surface area contributed by atoms with E-state index >= 15 is 0 Å². The van der Waals surface area contributed by atoms with Gasteiger partial charge in [-0.05, 0) is 38.8 Å². The Bertz CT molecular complexity index is 457. The fraction of sp³-hybridized carbons (Fsp3) is 0.800. The third kappa shape index (κ3) is 3.10. The van der Waals surface area contributed by atoms with Crippen molar-refractivity contribution < 1.29 is 9.59 Å². The van der Waals surface area contributed by atoms with Crippen molar-refractivity contribution in [2.45, 2.75) is 44.6 Å². The van der Waals surface area contributed by atoms with Crippen LogP contribution in [0.5, 0.6) is 0 Å². The van der Waals surface area contributed by atoms with Gasteiger partial charge in [0.05, 0.1) is 0 Å². The van der Waals surface area contributed by atoms with E-state index in [9.17, 15) is 9.59 Å². The summed E-state index contributed by atoms with van der Waals surface area (Å²) in [6.07, 6.45) is 5.69. The summed E-state index contributed by atoms with van der Waals surface area (Å²) in [5.74, 6) is 0.0124. The molecule has 3 heterocycles. The summed E-state index contributed by atoms with van der Waals surface area (Å²) in [4.78, 5) is 28.5. The van der Waals surface area contributed by atoms with Gasteiger partial charge in [0.25, 0.3) is 5.91 Å². The lowest BCUT2D eigenvalue weighted by Gasteiger charge is -2.38. The molecule has 2 saturated heterocycles. The highest BCUT2D eigenvalue weighted by molar-refractivity contribution is 6.39. The topological polar surface area (TPSA) is 56.2 Å². The van der Waals surface area contributed by atoms with Gasteiger partial charge >= 0.3 is 0 Å². The zero-order valence-corrected chi connectivity index (χ0v) is 12.8.